The highest BCUT2D eigenvalue weighted by molar-refractivity contribution is 5.98. The highest BCUT2D eigenvalue weighted by atomic mass is 16.2. The van der Waals surface area contributed by atoms with E-state index < -0.39 is 0 Å². The summed E-state index contributed by atoms with van der Waals surface area (Å²) in [6, 6.07) is 21.3. The Hall–Kier alpha value is -3.47. The van der Waals surface area contributed by atoms with Gasteiger partial charge in [-0.05, 0) is 43.0 Å². The lowest BCUT2D eigenvalue weighted by Crippen LogP contribution is -2.27. The van der Waals surface area contributed by atoms with Crippen molar-refractivity contribution in [2.45, 2.75) is 26.3 Å². The molecule has 0 aliphatic rings. The van der Waals surface area contributed by atoms with E-state index in [4.69, 9.17) is 0 Å². The van der Waals surface area contributed by atoms with Crippen molar-refractivity contribution in [1.82, 2.24) is 15.6 Å². The van der Waals surface area contributed by atoms with Gasteiger partial charge < -0.3 is 10.6 Å². The first kappa shape index (κ1) is 20.3. The fourth-order valence-electron chi connectivity index (χ4n) is 2.92. The molecule has 1 aromatic heterocycles. The summed E-state index contributed by atoms with van der Waals surface area (Å²) in [7, 11) is 0. The first-order chi connectivity index (χ1) is 14.1. The molecule has 0 radical (unpaired) electrons. The zero-order valence-electron chi connectivity index (χ0n) is 16.5. The minimum atomic E-state index is -0.272. The number of amides is 2. The van der Waals surface area contributed by atoms with Gasteiger partial charge in [0.05, 0.1) is 0 Å². The Labute approximate surface area is 171 Å². The van der Waals surface area contributed by atoms with E-state index in [0.717, 1.165) is 18.4 Å². The number of aromatic nitrogens is 1. The van der Waals surface area contributed by atoms with Crippen molar-refractivity contribution in [3.63, 3.8) is 0 Å². The van der Waals surface area contributed by atoms with Crippen molar-refractivity contribution >= 4 is 11.8 Å². The Morgan fingerprint density at radius 2 is 1.62 bits per heavy atom. The maximum Gasteiger partial charge on any atom is 0.269 e. The predicted molar refractivity (Wildman–Crippen MR) is 114 cm³/mol. The Morgan fingerprint density at radius 3 is 2.38 bits per heavy atom. The van der Waals surface area contributed by atoms with E-state index in [9.17, 15) is 9.59 Å². The molecule has 0 aliphatic carbocycles. The Morgan fingerprint density at radius 1 is 0.862 bits per heavy atom. The summed E-state index contributed by atoms with van der Waals surface area (Å²) in [5.74, 6) is -0.502. The minimum Gasteiger partial charge on any atom is -0.351 e. The molecule has 0 fully saturated rings. The zero-order chi connectivity index (χ0) is 20.5. The molecule has 29 heavy (non-hydrogen) atoms. The van der Waals surface area contributed by atoms with Crippen LogP contribution in [0.3, 0.4) is 0 Å². The van der Waals surface area contributed by atoms with Crippen molar-refractivity contribution in [2.75, 3.05) is 6.54 Å². The average Bonchev–Trinajstić information content (AvgIpc) is 2.77. The number of hydrogen-bond acceptors (Lipinski definition) is 3. The second-order valence-corrected chi connectivity index (χ2v) is 6.94. The van der Waals surface area contributed by atoms with Crippen molar-refractivity contribution < 1.29 is 9.59 Å². The lowest BCUT2D eigenvalue weighted by molar-refractivity contribution is 0.0948. The van der Waals surface area contributed by atoms with E-state index in [2.05, 4.69) is 27.8 Å². The molecule has 5 nitrogen and oxygen atoms in total. The van der Waals surface area contributed by atoms with E-state index in [1.807, 2.05) is 49.4 Å². The fourth-order valence-corrected chi connectivity index (χ4v) is 2.92. The van der Waals surface area contributed by atoms with Crippen LogP contribution in [-0.2, 0) is 13.0 Å². The lowest BCUT2D eigenvalue weighted by Gasteiger charge is -2.08. The molecule has 2 N–H and O–H groups in total. The molecule has 0 aliphatic heterocycles. The van der Waals surface area contributed by atoms with Gasteiger partial charge in [-0.3, -0.25) is 14.6 Å². The minimum absolute atomic E-state index is 0.230. The molecular formula is C24H25N3O2. The van der Waals surface area contributed by atoms with E-state index in [1.54, 1.807) is 6.07 Å². The summed E-state index contributed by atoms with van der Waals surface area (Å²) in [4.78, 5) is 28.8. The van der Waals surface area contributed by atoms with E-state index >= 15 is 0 Å². The van der Waals surface area contributed by atoms with Crippen LogP contribution in [-0.4, -0.2) is 23.3 Å². The number of rotatable bonds is 8. The van der Waals surface area contributed by atoms with Gasteiger partial charge in [0.25, 0.3) is 11.8 Å². The predicted octanol–water partition coefficient (Wildman–Crippen LogP) is 3.68. The van der Waals surface area contributed by atoms with Gasteiger partial charge in [0.2, 0.25) is 0 Å². The van der Waals surface area contributed by atoms with Crippen LogP contribution >= 0.6 is 0 Å². The maximum absolute atomic E-state index is 12.4. The van der Waals surface area contributed by atoms with Crippen LogP contribution in [0.15, 0.2) is 72.9 Å². The third kappa shape index (κ3) is 6.28. The zero-order valence-corrected chi connectivity index (χ0v) is 16.5. The summed E-state index contributed by atoms with van der Waals surface area (Å²) in [5, 5.41) is 5.74. The molecule has 2 aromatic carbocycles. The average molecular weight is 387 g/mol. The summed E-state index contributed by atoms with van der Waals surface area (Å²) < 4.78 is 0. The summed E-state index contributed by atoms with van der Waals surface area (Å²) in [6.07, 6.45) is 3.22. The SMILES string of the molecule is Cc1ccc(CNC(=O)c2ccnc(C(=O)NCCCc3ccccc3)c2)cc1. The van der Waals surface area contributed by atoms with Crippen molar-refractivity contribution in [2.24, 2.45) is 0 Å². The maximum atomic E-state index is 12.4. The van der Waals surface area contributed by atoms with Gasteiger partial charge in [-0.25, -0.2) is 0 Å². The van der Waals surface area contributed by atoms with Gasteiger partial charge in [-0.1, -0.05) is 60.2 Å². The number of nitrogens with one attached hydrogen (secondary N) is 2. The molecule has 148 valence electrons. The first-order valence-electron chi connectivity index (χ1n) is 9.74. The Balaban J connectivity index is 1.49. The Bertz CT molecular complexity index is 953. The second kappa shape index (κ2) is 10.2. The van der Waals surface area contributed by atoms with Gasteiger partial charge in [-0.15, -0.1) is 0 Å². The molecule has 0 spiro atoms. The number of carbonyl (C=O) groups excluding carboxylic acids is 2. The molecule has 3 rings (SSSR count). The molecule has 3 aromatic rings. The fraction of sp³-hybridized carbons (Fsp3) is 0.208. The molecule has 2 amide bonds. The summed E-state index contributed by atoms with van der Waals surface area (Å²) in [6.45, 7) is 3.01. The largest absolute Gasteiger partial charge is 0.351 e. The van der Waals surface area contributed by atoms with Crippen molar-refractivity contribution in [3.8, 4) is 0 Å². The van der Waals surface area contributed by atoms with Crippen molar-refractivity contribution in [3.05, 3.63) is 101 Å². The van der Waals surface area contributed by atoms with Crippen molar-refractivity contribution in [1.29, 1.82) is 0 Å². The molecule has 0 bridgehead atoms. The van der Waals surface area contributed by atoms with Crippen LogP contribution in [0.1, 0.15) is 44.0 Å². The van der Waals surface area contributed by atoms with Crippen LogP contribution in [0.5, 0.6) is 0 Å². The van der Waals surface area contributed by atoms with E-state index in [1.165, 1.54) is 23.4 Å². The molecular weight excluding hydrogens is 362 g/mol. The second-order valence-electron chi connectivity index (χ2n) is 6.94. The number of benzene rings is 2. The number of hydrogen-bond donors (Lipinski definition) is 2. The first-order valence-corrected chi connectivity index (χ1v) is 9.74. The van der Waals surface area contributed by atoms with Gasteiger partial charge in [0.15, 0.2) is 0 Å². The molecule has 0 saturated heterocycles. The molecule has 5 heteroatoms. The van der Waals surface area contributed by atoms with Gasteiger partial charge in [-0.2, -0.15) is 0 Å². The molecule has 1 heterocycles. The highest BCUT2D eigenvalue weighted by Gasteiger charge is 2.11. The highest BCUT2D eigenvalue weighted by Crippen LogP contribution is 2.06. The standard InChI is InChI=1S/C24H25N3O2/c1-18-9-11-20(12-10-18)17-27-23(28)21-13-15-25-22(16-21)24(29)26-14-5-8-19-6-3-2-4-7-19/h2-4,6-7,9-13,15-16H,5,8,14,17H2,1H3,(H,26,29)(H,27,28). The van der Waals surface area contributed by atoms with Gasteiger partial charge in [0.1, 0.15) is 5.69 Å². The number of carbonyl (C=O) groups is 2. The molecule has 0 atom stereocenters. The number of aryl methyl sites for hydroxylation is 2. The quantitative estimate of drug-likeness (QED) is 0.579. The normalized spacial score (nSPS) is 10.4. The van der Waals surface area contributed by atoms with Crippen LogP contribution in [0, 0.1) is 6.92 Å². The summed E-state index contributed by atoms with van der Waals surface area (Å²) >= 11 is 0. The van der Waals surface area contributed by atoms with Gasteiger partial charge >= 0.3 is 0 Å². The third-order valence-corrected chi connectivity index (χ3v) is 4.60. The lowest BCUT2D eigenvalue weighted by atomic mass is 10.1. The Kier molecular flexibility index (Phi) is 7.11. The van der Waals surface area contributed by atoms with E-state index in [-0.39, 0.29) is 17.5 Å². The smallest absolute Gasteiger partial charge is 0.269 e. The third-order valence-electron chi connectivity index (χ3n) is 4.60. The van der Waals surface area contributed by atoms with Crippen LogP contribution in [0.2, 0.25) is 0 Å². The monoisotopic (exact) mass is 387 g/mol. The van der Waals surface area contributed by atoms with Gasteiger partial charge in [0, 0.05) is 24.8 Å². The topological polar surface area (TPSA) is 71.1 Å². The van der Waals surface area contributed by atoms with Crippen LogP contribution in [0.4, 0.5) is 0 Å². The molecule has 0 saturated carbocycles. The summed E-state index contributed by atoms with van der Waals surface area (Å²) in [5.41, 5.74) is 4.10. The number of nitrogens with zero attached hydrogens (tertiary/aromatic N) is 1. The van der Waals surface area contributed by atoms with Crippen LogP contribution in [0.25, 0.3) is 0 Å². The molecule has 0 unspecified atom stereocenters. The van der Waals surface area contributed by atoms with E-state index in [0.29, 0.717) is 18.7 Å². The number of pyridine rings is 1. The van der Waals surface area contributed by atoms with Crippen LogP contribution < -0.4 is 10.6 Å².